The predicted molar refractivity (Wildman–Crippen MR) is 43.1 cm³/mol. The minimum Gasteiger partial charge on any atom is -0.0622 e. The van der Waals surface area contributed by atoms with Crippen LogP contribution in [0.25, 0.3) is 11.1 Å². The van der Waals surface area contributed by atoms with Crippen molar-refractivity contribution in [3.8, 4) is 11.1 Å². The van der Waals surface area contributed by atoms with Crippen molar-refractivity contribution in [2.24, 2.45) is 0 Å². The molecule has 0 unspecified atom stereocenters. The second-order valence-electron chi connectivity index (χ2n) is 2.35. The number of fused-ring (bicyclic) bond motifs is 1. The third-order valence-electron chi connectivity index (χ3n) is 1.66. The molecule has 11 heavy (non-hydrogen) atoms. The Bertz CT molecular complexity index is 276. The summed E-state index contributed by atoms with van der Waals surface area (Å²) in [6, 6.07) is 16.7. The third-order valence-corrected chi connectivity index (χ3v) is 1.66. The standard InChI is InChI=1S/C10H8.Cr/c1-2-5-9-7-4-8-10(9)6-3-1;/h1-8H;. The first kappa shape index (κ1) is 8.33. The maximum Gasteiger partial charge on any atom is 0 e. The van der Waals surface area contributed by atoms with E-state index in [4.69, 9.17) is 0 Å². The molecule has 0 fully saturated rings. The van der Waals surface area contributed by atoms with Gasteiger partial charge in [0.05, 0.1) is 0 Å². The van der Waals surface area contributed by atoms with E-state index >= 15 is 0 Å². The van der Waals surface area contributed by atoms with Crippen molar-refractivity contribution < 1.29 is 17.4 Å². The smallest absolute Gasteiger partial charge is 0 e. The van der Waals surface area contributed by atoms with E-state index in [1.165, 1.54) is 11.1 Å². The van der Waals surface area contributed by atoms with E-state index < -0.39 is 0 Å². The topological polar surface area (TPSA) is 0 Å². The quantitative estimate of drug-likeness (QED) is 0.584. The van der Waals surface area contributed by atoms with Gasteiger partial charge in [0.1, 0.15) is 0 Å². The van der Waals surface area contributed by atoms with Crippen molar-refractivity contribution in [1.29, 1.82) is 0 Å². The summed E-state index contributed by atoms with van der Waals surface area (Å²) < 4.78 is 0. The Kier molecular flexibility index (Phi) is 2.71. The Labute approximate surface area is 77.3 Å². The van der Waals surface area contributed by atoms with Gasteiger partial charge in [0.2, 0.25) is 0 Å². The van der Waals surface area contributed by atoms with Crippen LogP contribution >= 0.6 is 0 Å². The van der Waals surface area contributed by atoms with Crippen LogP contribution in [0.2, 0.25) is 0 Å². The van der Waals surface area contributed by atoms with Gasteiger partial charge in [-0.15, -0.1) is 0 Å². The van der Waals surface area contributed by atoms with Crippen molar-refractivity contribution in [2.45, 2.75) is 0 Å². The molecule has 0 bridgehead atoms. The Morgan fingerprint density at radius 2 is 1.00 bits per heavy atom. The average Bonchev–Trinajstić information content (AvgIpc) is 2.28. The SMILES string of the molecule is [Cr].c1ccc2cccc-2cc1. The number of hydrogen-bond donors (Lipinski definition) is 0. The van der Waals surface area contributed by atoms with Gasteiger partial charge in [-0.05, 0) is 11.1 Å². The molecule has 0 saturated heterocycles. The van der Waals surface area contributed by atoms with E-state index in [0.717, 1.165) is 0 Å². The molecule has 54 valence electrons. The zero-order valence-electron chi connectivity index (χ0n) is 6.03. The monoisotopic (exact) mass is 180 g/mol. The van der Waals surface area contributed by atoms with Gasteiger partial charge in [0.25, 0.3) is 0 Å². The van der Waals surface area contributed by atoms with Gasteiger partial charge in [-0.3, -0.25) is 0 Å². The van der Waals surface area contributed by atoms with Crippen LogP contribution in [0.3, 0.4) is 0 Å². The van der Waals surface area contributed by atoms with Crippen molar-refractivity contribution >= 4 is 0 Å². The van der Waals surface area contributed by atoms with Gasteiger partial charge >= 0.3 is 0 Å². The molecule has 0 heterocycles. The summed E-state index contributed by atoms with van der Waals surface area (Å²) >= 11 is 0. The van der Waals surface area contributed by atoms with Crippen LogP contribution in [0.5, 0.6) is 0 Å². The predicted octanol–water partition coefficient (Wildman–Crippen LogP) is 2.79. The summed E-state index contributed by atoms with van der Waals surface area (Å²) in [7, 11) is 0. The zero-order valence-corrected chi connectivity index (χ0v) is 7.30. The van der Waals surface area contributed by atoms with E-state index in [0.29, 0.717) is 0 Å². The Morgan fingerprint density at radius 3 is 1.55 bits per heavy atom. The van der Waals surface area contributed by atoms with Crippen molar-refractivity contribution in [3.05, 3.63) is 48.5 Å². The van der Waals surface area contributed by atoms with E-state index in [1.54, 1.807) is 0 Å². The average molecular weight is 180 g/mol. The first-order valence-electron chi connectivity index (χ1n) is 3.40. The van der Waals surface area contributed by atoms with Crippen LogP contribution in [-0.4, -0.2) is 0 Å². The number of hydrogen-bond acceptors (Lipinski definition) is 0. The van der Waals surface area contributed by atoms with E-state index in [1.807, 2.05) is 6.07 Å². The maximum atomic E-state index is 2.12. The fourth-order valence-corrected chi connectivity index (χ4v) is 1.13. The first-order chi connectivity index (χ1) is 4.97. The van der Waals surface area contributed by atoms with Gasteiger partial charge < -0.3 is 0 Å². The molecule has 0 nitrogen and oxygen atoms in total. The largest absolute Gasteiger partial charge is 0.0622 e. The molecule has 2 rings (SSSR count). The molecule has 0 spiro atoms. The Hall–Kier alpha value is -0.768. The summed E-state index contributed by atoms with van der Waals surface area (Å²) in [6.45, 7) is 0. The Balaban J connectivity index is 0.000000605. The Morgan fingerprint density at radius 1 is 0.545 bits per heavy atom. The van der Waals surface area contributed by atoms with Gasteiger partial charge in [0, 0.05) is 17.4 Å². The van der Waals surface area contributed by atoms with Crippen LogP contribution < -0.4 is 0 Å². The zero-order chi connectivity index (χ0) is 6.81. The number of rotatable bonds is 0. The van der Waals surface area contributed by atoms with Gasteiger partial charge in [0.15, 0.2) is 0 Å². The van der Waals surface area contributed by atoms with Crippen molar-refractivity contribution in [1.82, 2.24) is 0 Å². The molecular weight excluding hydrogens is 172 g/mol. The molecule has 0 saturated carbocycles. The van der Waals surface area contributed by atoms with Crippen molar-refractivity contribution in [2.75, 3.05) is 0 Å². The molecular formula is C10H8Cr. The molecule has 0 radical (unpaired) electrons. The molecule has 0 amide bonds. The van der Waals surface area contributed by atoms with E-state index in [2.05, 4.69) is 42.5 Å². The van der Waals surface area contributed by atoms with Crippen LogP contribution in [0, 0.1) is 0 Å². The third kappa shape index (κ3) is 1.63. The maximum absolute atomic E-state index is 2.12. The molecule has 1 heteroatoms. The summed E-state index contributed by atoms with van der Waals surface area (Å²) in [5, 5.41) is 0. The van der Waals surface area contributed by atoms with E-state index in [9.17, 15) is 0 Å². The molecule has 0 atom stereocenters. The van der Waals surface area contributed by atoms with Crippen LogP contribution in [-0.2, 0) is 17.4 Å². The fourth-order valence-electron chi connectivity index (χ4n) is 1.13. The van der Waals surface area contributed by atoms with Crippen molar-refractivity contribution in [3.63, 3.8) is 0 Å². The van der Waals surface area contributed by atoms with E-state index in [-0.39, 0.29) is 17.4 Å². The molecule has 2 aliphatic rings. The first-order valence-corrected chi connectivity index (χ1v) is 3.40. The van der Waals surface area contributed by atoms with Gasteiger partial charge in [-0.1, -0.05) is 48.5 Å². The minimum atomic E-state index is 0. The van der Waals surface area contributed by atoms with Crippen LogP contribution in [0.4, 0.5) is 0 Å². The second-order valence-corrected chi connectivity index (χ2v) is 2.35. The fraction of sp³-hybridized carbons (Fsp3) is 0. The summed E-state index contributed by atoms with van der Waals surface area (Å²) in [4.78, 5) is 0. The summed E-state index contributed by atoms with van der Waals surface area (Å²) in [6.07, 6.45) is 0. The minimum absolute atomic E-state index is 0. The molecule has 2 aliphatic carbocycles. The normalized spacial score (nSPS) is 9.09. The van der Waals surface area contributed by atoms with Gasteiger partial charge in [-0.2, -0.15) is 0 Å². The van der Waals surface area contributed by atoms with Gasteiger partial charge in [-0.25, -0.2) is 0 Å². The molecule has 0 aliphatic heterocycles. The van der Waals surface area contributed by atoms with Crippen LogP contribution in [0.15, 0.2) is 48.5 Å². The summed E-state index contributed by atoms with van der Waals surface area (Å²) in [5.74, 6) is 0. The molecule has 0 aromatic rings. The molecule has 0 aromatic carbocycles. The molecule has 0 aromatic heterocycles. The second kappa shape index (κ2) is 3.57. The molecule has 0 N–H and O–H groups in total. The van der Waals surface area contributed by atoms with Crippen LogP contribution in [0.1, 0.15) is 0 Å². The summed E-state index contributed by atoms with van der Waals surface area (Å²) in [5.41, 5.74) is 2.62.